The molecule has 1 aliphatic heterocycles. The average Bonchev–Trinajstić information content (AvgIpc) is 2.38. The largest absolute Gasteiger partial charge is 0.390 e. The molecule has 0 amide bonds. The first-order valence-electron chi connectivity index (χ1n) is 5.73. The number of hydrogen-bond acceptors (Lipinski definition) is 6. The molecule has 1 aliphatic rings. The molecule has 1 aromatic heterocycles. The van der Waals surface area contributed by atoms with Crippen LogP contribution >= 0.6 is 23.4 Å². The Bertz CT molecular complexity index is 565. The van der Waals surface area contributed by atoms with E-state index in [1.165, 1.54) is 6.26 Å². The van der Waals surface area contributed by atoms with Crippen molar-refractivity contribution in [1.29, 1.82) is 0 Å². The molecule has 0 bridgehead atoms. The van der Waals surface area contributed by atoms with Gasteiger partial charge in [-0.2, -0.15) is 11.8 Å². The van der Waals surface area contributed by atoms with Crippen molar-refractivity contribution in [3.63, 3.8) is 0 Å². The summed E-state index contributed by atoms with van der Waals surface area (Å²) in [6.07, 6.45) is 1.24. The number of nitrogens with zero attached hydrogens (tertiary/aromatic N) is 2. The molecule has 0 aliphatic carbocycles. The number of rotatable bonds is 3. The first kappa shape index (κ1) is 14.9. The smallest absolute Gasteiger partial charge is 0.169 e. The molecule has 0 saturated carbocycles. The van der Waals surface area contributed by atoms with E-state index in [0.29, 0.717) is 28.8 Å². The number of sulfone groups is 1. The first-order valence-corrected chi connectivity index (χ1v) is 9.21. The molecular weight excluding hydrogens is 308 g/mol. The minimum Gasteiger partial charge on any atom is -0.390 e. The fourth-order valence-corrected chi connectivity index (χ4v) is 4.93. The van der Waals surface area contributed by atoms with Crippen molar-refractivity contribution in [2.24, 2.45) is 0 Å². The minimum atomic E-state index is -3.18. The second-order valence-corrected chi connectivity index (χ2v) is 8.07. The predicted octanol–water partition coefficient (Wildman–Crippen LogP) is 1.15. The van der Waals surface area contributed by atoms with Gasteiger partial charge < -0.3 is 10.0 Å². The van der Waals surface area contributed by atoms with Gasteiger partial charge in [0.2, 0.25) is 0 Å². The Morgan fingerprint density at radius 1 is 1.58 bits per heavy atom. The Morgan fingerprint density at radius 3 is 2.95 bits per heavy atom. The summed E-state index contributed by atoms with van der Waals surface area (Å²) in [5.74, 6) is 1.92. The number of pyridine rings is 1. The molecule has 1 aromatic rings. The van der Waals surface area contributed by atoms with Gasteiger partial charge in [0.1, 0.15) is 11.2 Å². The summed E-state index contributed by atoms with van der Waals surface area (Å²) in [5.41, 5.74) is 0.365. The standard InChI is InChI=1S/C11H15ClN2O3S2/c1-19(16,17)11-7-18-5-4-14(11)10-3-2-8(12)9(6-15)13-10/h2-3,11,15H,4-7H2,1H3. The van der Waals surface area contributed by atoms with Gasteiger partial charge in [-0.15, -0.1) is 0 Å². The predicted molar refractivity (Wildman–Crippen MR) is 78.5 cm³/mol. The number of halogens is 1. The maximum absolute atomic E-state index is 11.8. The van der Waals surface area contributed by atoms with Crippen LogP contribution in [0.4, 0.5) is 5.82 Å². The molecule has 0 spiro atoms. The second kappa shape index (κ2) is 5.87. The fourth-order valence-electron chi connectivity index (χ4n) is 1.94. The van der Waals surface area contributed by atoms with Gasteiger partial charge in [-0.3, -0.25) is 0 Å². The van der Waals surface area contributed by atoms with Crippen LogP contribution in [0, 0.1) is 0 Å². The Labute approximate surface area is 121 Å². The van der Waals surface area contributed by atoms with Gasteiger partial charge in [-0.25, -0.2) is 13.4 Å². The van der Waals surface area contributed by atoms with E-state index in [1.807, 2.05) is 0 Å². The molecule has 0 aromatic carbocycles. The van der Waals surface area contributed by atoms with Gasteiger partial charge >= 0.3 is 0 Å². The van der Waals surface area contributed by atoms with E-state index in [-0.39, 0.29) is 6.61 Å². The fraction of sp³-hybridized carbons (Fsp3) is 0.545. The highest BCUT2D eigenvalue weighted by Gasteiger charge is 2.32. The van der Waals surface area contributed by atoms with Gasteiger partial charge in [0.05, 0.1) is 17.3 Å². The zero-order valence-corrected chi connectivity index (χ0v) is 12.8. The maximum atomic E-state index is 11.8. The molecule has 2 heterocycles. The molecule has 1 atom stereocenters. The molecule has 106 valence electrons. The van der Waals surface area contributed by atoms with Gasteiger partial charge in [-0.05, 0) is 12.1 Å². The number of thioether (sulfide) groups is 1. The summed E-state index contributed by atoms with van der Waals surface area (Å²) >= 11 is 7.52. The van der Waals surface area contributed by atoms with Crippen LogP contribution < -0.4 is 4.90 Å². The summed E-state index contributed by atoms with van der Waals surface area (Å²) in [4.78, 5) is 6.01. The quantitative estimate of drug-likeness (QED) is 0.900. The van der Waals surface area contributed by atoms with Crippen LogP contribution in [0.15, 0.2) is 12.1 Å². The molecule has 2 rings (SSSR count). The summed E-state index contributed by atoms with van der Waals surface area (Å²) in [5, 5.41) is 8.98. The summed E-state index contributed by atoms with van der Waals surface area (Å²) in [7, 11) is -3.18. The lowest BCUT2D eigenvalue weighted by Gasteiger charge is -2.35. The van der Waals surface area contributed by atoms with Crippen LogP contribution in [0.25, 0.3) is 0 Å². The molecule has 19 heavy (non-hydrogen) atoms. The van der Waals surface area contributed by atoms with Gasteiger partial charge in [-0.1, -0.05) is 11.6 Å². The third kappa shape index (κ3) is 3.34. The van der Waals surface area contributed by atoms with E-state index < -0.39 is 15.2 Å². The SMILES string of the molecule is CS(=O)(=O)C1CSCCN1c1ccc(Cl)c(CO)n1. The molecule has 1 N–H and O–H groups in total. The van der Waals surface area contributed by atoms with Crippen LogP contribution in [-0.4, -0.2) is 48.2 Å². The lowest BCUT2D eigenvalue weighted by atomic mass is 10.3. The number of anilines is 1. The molecule has 1 fully saturated rings. The van der Waals surface area contributed by atoms with E-state index >= 15 is 0 Å². The Kier molecular flexibility index (Phi) is 4.60. The molecule has 1 unspecified atom stereocenters. The minimum absolute atomic E-state index is 0.265. The number of aromatic nitrogens is 1. The Balaban J connectivity index is 2.38. The number of aliphatic hydroxyl groups excluding tert-OH is 1. The van der Waals surface area contributed by atoms with Crippen LogP contribution in [0.2, 0.25) is 5.02 Å². The normalized spacial score (nSPS) is 20.6. The molecule has 0 radical (unpaired) electrons. The second-order valence-electron chi connectivity index (χ2n) is 4.31. The van der Waals surface area contributed by atoms with Crippen molar-refractivity contribution in [3.05, 3.63) is 22.8 Å². The highest BCUT2D eigenvalue weighted by molar-refractivity contribution is 8.01. The van der Waals surface area contributed by atoms with Crippen molar-refractivity contribution < 1.29 is 13.5 Å². The lowest BCUT2D eigenvalue weighted by molar-refractivity contribution is 0.277. The lowest BCUT2D eigenvalue weighted by Crippen LogP contribution is -2.47. The van der Waals surface area contributed by atoms with Crippen molar-refractivity contribution in [2.45, 2.75) is 12.0 Å². The van der Waals surface area contributed by atoms with E-state index in [1.54, 1.807) is 28.8 Å². The Hall–Kier alpha value is -0.500. The zero-order chi connectivity index (χ0) is 14.0. The third-order valence-corrected chi connectivity index (χ3v) is 5.91. The average molecular weight is 323 g/mol. The highest BCUT2D eigenvalue weighted by atomic mass is 35.5. The number of hydrogen-bond donors (Lipinski definition) is 1. The topological polar surface area (TPSA) is 70.5 Å². The van der Waals surface area contributed by atoms with Gasteiger partial charge in [0.25, 0.3) is 0 Å². The maximum Gasteiger partial charge on any atom is 0.169 e. The third-order valence-electron chi connectivity index (χ3n) is 2.93. The van der Waals surface area contributed by atoms with Crippen LogP contribution in [0.5, 0.6) is 0 Å². The van der Waals surface area contributed by atoms with Crippen molar-refractivity contribution >= 4 is 39.0 Å². The van der Waals surface area contributed by atoms with Gasteiger partial charge in [0.15, 0.2) is 9.84 Å². The van der Waals surface area contributed by atoms with Crippen molar-refractivity contribution in [1.82, 2.24) is 4.98 Å². The van der Waals surface area contributed by atoms with E-state index in [0.717, 1.165) is 5.75 Å². The Morgan fingerprint density at radius 2 is 2.32 bits per heavy atom. The van der Waals surface area contributed by atoms with Crippen LogP contribution in [-0.2, 0) is 16.4 Å². The van der Waals surface area contributed by atoms with E-state index in [9.17, 15) is 13.5 Å². The molecule has 5 nitrogen and oxygen atoms in total. The number of aliphatic hydroxyl groups is 1. The highest BCUT2D eigenvalue weighted by Crippen LogP contribution is 2.27. The summed E-state index contributed by atoms with van der Waals surface area (Å²) < 4.78 is 23.7. The van der Waals surface area contributed by atoms with Gasteiger partial charge in [0, 0.05) is 24.3 Å². The molecular formula is C11H15ClN2O3S2. The zero-order valence-electron chi connectivity index (χ0n) is 10.4. The van der Waals surface area contributed by atoms with E-state index in [4.69, 9.17) is 11.6 Å². The monoisotopic (exact) mass is 322 g/mol. The van der Waals surface area contributed by atoms with Crippen LogP contribution in [0.3, 0.4) is 0 Å². The van der Waals surface area contributed by atoms with Crippen molar-refractivity contribution in [3.8, 4) is 0 Å². The van der Waals surface area contributed by atoms with Crippen LogP contribution in [0.1, 0.15) is 5.69 Å². The molecule has 1 saturated heterocycles. The van der Waals surface area contributed by atoms with Crippen molar-refractivity contribution in [2.75, 3.05) is 29.2 Å². The summed E-state index contributed by atoms with van der Waals surface area (Å²) in [6, 6.07) is 3.33. The van der Waals surface area contributed by atoms with E-state index in [2.05, 4.69) is 4.98 Å². The summed E-state index contributed by atoms with van der Waals surface area (Å²) in [6.45, 7) is 0.348. The molecule has 8 heteroatoms. The first-order chi connectivity index (χ1) is 8.93.